The van der Waals surface area contributed by atoms with Crippen molar-refractivity contribution in [1.82, 2.24) is 24.8 Å². The van der Waals surface area contributed by atoms with Crippen LogP contribution >= 0.6 is 0 Å². The molecule has 1 saturated heterocycles. The van der Waals surface area contributed by atoms with Crippen LogP contribution in [0.1, 0.15) is 11.8 Å². The lowest BCUT2D eigenvalue weighted by Crippen LogP contribution is -2.54. The van der Waals surface area contributed by atoms with E-state index >= 15 is 0 Å². The minimum atomic E-state index is -1.59. The van der Waals surface area contributed by atoms with Crippen molar-refractivity contribution in [3.63, 3.8) is 0 Å². The highest BCUT2D eigenvalue weighted by Gasteiger charge is 2.49. The number of anilines is 1. The molecule has 0 spiro atoms. The van der Waals surface area contributed by atoms with E-state index in [0.717, 1.165) is 0 Å². The van der Waals surface area contributed by atoms with Crippen LogP contribution in [0, 0.1) is 10.1 Å². The van der Waals surface area contributed by atoms with Crippen molar-refractivity contribution in [3.8, 4) is 0 Å². The number of fused-ring (bicyclic) bond motifs is 1. The molecule has 0 aliphatic carbocycles. The first-order chi connectivity index (χ1) is 16.2. The molecular weight excluding hydrogens is 452 g/mol. The van der Waals surface area contributed by atoms with E-state index in [-0.39, 0.29) is 29.1 Å². The molecule has 5 atom stereocenters. The van der Waals surface area contributed by atoms with Crippen LogP contribution in [0.5, 0.6) is 0 Å². The molecule has 34 heavy (non-hydrogen) atoms. The third-order valence-corrected chi connectivity index (χ3v) is 5.43. The maximum absolute atomic E-state index is 12.7. The van der Waals surface area contributed by atoms with E-state index < -0.39 is 47.3 Å². The molecule has 1 unspecified atom stereocenters. The van der Waals surface area contributed by atoms with Crippen molar-refractivity contribution < 1.29 is 29.5 Å². The molecule has 4 rings (SSSR count). The molecule has 1 fully saturated rings. The van der Waals surface area contributed by atoms with Gasteiger partial charge in [0.05, 0.1) is 23.3 Å². The van der Waals surface area contributed by atoms with E-state index in [2.05, 4.69) is 20.3 Å². The van der Waals surface area contributed by atoms with Gasteiger partial charge in [-0.05, 0) is 12.0 Å². The summed E-state index contributed by atoms with van der Waals surface area (Å²) in [6, 6.07) is 3.04. The topological polar surface area (TPSA) is 235 Å². The summed E-state index contributed by atoms with van der Waals surface area (Å²) in [7, 11) is 0. The molecular formula is C19H20N8O7. The number of imidazole rings is 1. The molecule has 3 aromatic rings. The summed E-state index contributed by atoms with van der Waals surface area (Å²) in [4.78, 5) is 46.6. The Morgan fingerprint density at radius 2 is 1.97 bits per heavy atom. The summed E-state index contributed by atoms with van der Waals surface area (Å²) in [5.41, 5.74) is 12.6. The van der Waals surface area contributed by atoms with Crippen molar-refractivity contribution in [2.45, 2.75) is 36.9 Å². The Morgan fingerprint density at radius 3 is 2.62 bits per heavy atom. The normalized spacial score (nSPS) is 23.0. The van der Waals surface area contributed by atoms with E-state index in [1.54, 1.807) is 0 Å². The number of nitrogens with zero attached hydrogens (tertiary/aromatic N) is 5. The van der Waals surface area contributed by atoms with Gasteiger partial charge in [-0.25, -0.2) is 19.7 Å². The highest BCUT2D eigenvalue weighted by molar-refractivity contribution is 5.84. The van der Waals surface area contributed by atoms with Gasteiger partial charge in [0, 0.05) is 12.1 Å². The van der Waals surface area contributed by atoms with Gasteiger partial charge in [-0.2, -0.15) is 0 Å². The number of nitrogen functional groups attached to an aromatic ring is 1. The van der Waals surface area contributed by atoms with Crippen LogP contribution in [0.4, 0.5) is 11.5 Å². The van der Waals surface area contributed by atoms with E-state index in [9.17, 15) is 29.9 Å². The number of non-ortho nitro benzene ring substituents is 1. The zero-order chi connectivity index (χ0) is 24.6. The number of nitrogens with one attached hydrogen (secondary N) is 1. The quantitative estimate of drug-likeness (QED) is 0.200. The van der Waals surface area contributed by atoms with Crippen molar-refractivity contribution in [3.05, 3.63) is 52.6 Å². The van der Waals surface area contributed by atoms with Crippen molar-refractivity contribution >= 4 is 34.5 Å². The molecule has 1 aliphatic heterocycles. The number of carboxylic acid groups (broad SMARTS) is 1. The van der Waals surface area contributed by atoms with Crippen LogP contribution in [0.3, 0.4) is 0 Å². The smallest absolute Gasteiger partial charge is 0.335 e. The average molecular weight is 472 g/mol. The largest absolute Gasteiger partial charge is 0.479 e. The number of nitrogens with two attached hydrogens (primary N) is 2. The predicted molar refractivity (Wildman–Crippen MR) is 114 cm³/mol. The first kappa shape index (κ1) is 23.0. The van der Waals surface area contributed by atoms with Gasteiger partial charge in [-0.3, -0.25) is 19.5 Å². The van der Waals surface area contributed by atoms with Crippen LogP contribution in [-0.2, 0) is 20.7 Å². The Labute approximate surface area is 190 Å². The van der Waals surface area contributed by atoms with Crippen LogP contribution in [-0.4, -0.2) is 70.8 Å². The predicted octanol–water partition coefficient (Wildman–Crippen LogP) is -1.29. The van der Waals surface area contributed by atoms with Crippen molar-refractivity contribution in [1.29, 1.82) is 0 Å². The summed E-state index contributed by atoms with van der Waals surface area (Å²) in [6.45, 7) is 0. The van der Waals surface area contributed by atoms with Crippen LogP contribution in [0.2, 0.25) is 0 Å². The molecule has 1 aromatic carbocycles. The molecule has 2 aromatic heterocycles. The summed E-state index contributed by atoms with van der Waals surface area (Å²) in [6.07, 6.45) is -1.85. The Morgan fingerprint density at radius 1 is 1.26 bits per heavy atom. The summed E-state index contributed by atoms with van der Waals surface area (Å²) in [5.74, 6) is -2.05. The number of aliphatic carboxylic acids is 1. The Balaban J connectivity index is 1.50. The van der Waals surface area contributed by atoms with Gasteiger partial charge in [0.25, 0.3) is 5.69 Å². The number of amides is 1. The van der Waals surface area contributed by atoms with Gasteiger partial charge >= 0.3 is 5.97 Å². The van der Waals surface area contributed by atoms with Crippen LogP contribution < -0.4 is 16.8 Å². The maximum Gasteiger partial charge on any atom is 0.335 e. The second-order valence-corrected chi connectivity index (χ2v) is 7.63. The molecule has 1 aliphatic rings. The van der Waals surface area contributed by atoms with E-state index in [0.29, 0.717) is 5.56 Å². The maximum atomic E-state index is 12.7. The Bertz CT molecular complexity index is 1250. The lowest BCUT2D eigenvalue weighted by molar-refractivity contribution is -0.384. The van der Waals surface area contributed by atoms with Gasteiger partial charge in [-0.15, -0.1) is 0 Å². The highest BCUT2D eigenvalue weighted by atomic mass is 16.6. The second-order valence-electron chi connectivity index (χ2n) is 7.63. The van der Waals surface area contributed by atoms with Crippen molar-refractivity contribution in [2.24, 2.45) is 5.73 Å². The molecule has 0 radical (unpaired) electrons. The first-order valence-electron chi connectivity index (χ1n) is 9.96. The number of rotatable bonds is 7. The highest BCUT2D eigenvalue weighted by Crippen LogP contribution is 2.32. The number of carbonyl (C=O) groups is 2. The number of nitro groups is 1. The molecule has 15 nitrogen and oxygen atoms in total. The number of aliphatic hydroxyl groups excluding tert-OH is 1. The average Bonchev–Trinajstić information content (AvgIpc) is 3.36. The third kappa shape index (κ3) is 4.21. The van der Waals surface area contributed by atoms with Gasteiger partial charge in [-0.1, -0.05) is 12.1 Å². The second kappa shape index (κ2) is 8.97. The molecule has 0 saturated carbocycles. The zero-order valence-corrected chi connectivity index (χ0v) is 17.4. The number of aromatic nitrogens is 4. The number of aliphatic hydroxyl groups is 1. The van der Waals surface area contributed by atoms with Crippen molar-refractivity contribution in [2.75, 3.05) is 5.73 Å². The SMILES string of the molecule is Nc1ncnc2c1ncn2[C@@H]1O[C@H](C(=O)O)[C@@H](NC(=O)C(N)Cc2ccc([N+](=O)[O-])cc2)[C@H]1O. The zero-order valence-electron chi connectivity index (χ0n) is 17.4. The molecule has 7 N–H and O–H groups in total. The summed E-state index contributed by atoms with van der Waals surface area (Å²) < 4.78 is 6.83. The van der Waals surface area contributed by atoms with Gasteiger partial charge in [0.2, 0.25) is 5.91 Å². The lowest BCUT2D eigenvalue weighted by atomic mass is 10.0. The van der Waals surface area contributed by atoms with Gasteiger partial charge < -0.3 is 31.7 Å². The van der Waals surface area contributed by atoms with E-state index in [4.69, 9.17) is 16.2 Å². The number of benzene rings is 1. The number of nitro benzene ring substituents is 1. The third-order valence-electron chi connectivity index (χ3n) is 5.43. The van der Waals surface area contributed by atoms with E-state index in [1.165, 1.54) is 41.5 Å². The molecule has 1 amide bonds. The molecule has 3 heterocycles. The fourth-order valence-corrected chi connectivity index (χ4v) is 3.70. The minimum absolute atomic E-state index is 0.0248. The van der Waals surface area contributed by atoms with Crippen LogP contribution in [0.25, 0.3) is 11.2 Å². The van der Waals surface area contributed by atoms with Gasteiger partial charge in [0.15, 0.2) is 23.8 Å². The number of carbonyl (C=O) groups excluding carboxylic acids is 1. The number of carboxylic acids is 1. The Hall–Kier alpha value is -4.21. The summed E-state index contributed by atoms with van der Waals surface area (Å²) in [5, 5.41) is 33.6. The lowest BCUT2D eigenvalue weighted by Gasteiger charge is -2.22. The molecule has 15 heteroatoms. The molecule has 0 bridgehead atoms. The number of ether oxygens (including phenoxy) is 1. The number of hydrogen-bond donors (Lipinski definition) is 5. The fraction of sp³-hybridized carbons (Fsp3) is 0.316. The Kier molecular flexibility index (Phi) is 6.06. The van der Waals surface area contributed by atoms with Gasteiger partial charge in [0.1, 0.15) is 17.9 Å². The monoisotopic (exact) mass is 472 g/mol. The molecule has 178 valence electrons. The van der Waals surface area contributed by atoms with Crippen LogP contribution in [0.15, 0.2) is 36.9 Å². The first-order valence-corrected chi connectivity index (χ1v) is 9.96. The summed E-state index contributed by atoms with van der Waals surface area (Å²) >= 11 is 0. The fourth-order valence-electron chi connectivity index (χ4n) is 3.70. The van der Waals surface area contributed by atoms with E-state index in [1.807, 2.05) is 0 Å². The number of hydrogen-bond acceptors (Lipinski definition) is 11. The standard InChI is InChI=1S/C19H20N8O7/c20-10(5-8-1-3-9(4-2-8)27(32)33)17(29)25-11-13(28)18(34-14(11)19(30)31)26-7-24-12-15(21)22-6-23-16(12)26/h1-4,6-7,10-11,13-14,18,28H,5,20H2,(H,25,29)(H,30,31)(H2,21,22,23)/t10?,11-,13+,14-,18+/m0/s1. The minimum Gasteiger partial charge on any atom is -0.479 e.